The number of hydrogen-bond donors (Lipinski definition) is 0. The smallest absolute Gasteiger partial charge is 0.302 e. The molecule has 0 aliphatic carbocycles. The maximum absolute atomic E-state index is 10.7. The van der Waals surface area contributed by atoms with Gasteiger partial charge in [0.25, 0.3) is 0 Å². The van der Waals surface area contributed by atoms with Crippen LogP contribution in [0.25, 0.3) is 0 Å². The molecule has 2 aliphatic heterocycles. The van der Waals surface area contributed by atoms with Crippen LogP contribution < -0.4 is 0 Å². The van der Waals surface area contributed by atoms with E-state index in [0.29, 0.717) is 0 Å². The van der Waals surface area contributed by atoms with Gasteiger partial charge in [0, 0.05) is 12.8 Å². The average molecular weight is 230 g/mol. The minimum absolute atomic E-state index is 0.0736. The molecule has 92 valence electrons. The molecule has 2 heterocycles. The summed E-state index contributed by atoms with van der Waals surface area (Å²) in [4.78, 5) is 10.7. The zero-order chi connectivity index (χ0) is 11.9. The van der Waals surface area contributed by atoms with E-state index in [9.17, 15) is 4.79 Å². The Morgan fingerprint density at radius 3 is 2.62 bits per heavy atom. The molecule has 0 aromatic carbocycles. The Hall–Kier alpha value is -0.650. The van der Waals surface area contributed by atoms with Gasteiger partial charge in [0.1, 0.15) is 18.8 Å². The van der Waals surface area contributed by atoms with Crippen molar-refractivity contribution < 1.29 is 23.7 Å². The van der Waals surface area contributed by atoms with Crippen molar-refractivity contribution in [3.8, 4) is 0 Å². The van der Waals surface area contributed by atoms with E-state index >= 15 is 0 Å². The van der Waals surface area contributed by atoms with Gasteiger partial charge in [-0.15, -0.1) is 0 Å². The molecule has 0 radical (unpaired) electrons. The molecule has 0 aromatic heterocycles. The van der Waals surface area contributed by atoms with Gasteiger partial charge >= 0.3 is 5.97 Å². The quantitative estimate of drug-likeness (QED) is 0.664. The van der Waals surface area contributed by atoms with Crippen LogP contribution in [0.15, 0.2) is 0 Å². The summed E-state index contributed by atoms with van der Waals surface area (Å²) in [6, 6.07) is 0. The maximum atomic E-state index is 10.7. The first-order valence-electron chi connectivity index (χ1n) is 5.53. The molecule has 5 heteroatoms. The van der Waals surface area contributed by atoms with Gasteiger partial charge in [0.05, 0.1) is 0 Å². The lowest BCUT2D eigenvalue weighted by molar-refractivity contribution is -0.214. The fourth-order valence-electron chi connectivity index (χ4n) is 2.12. The summed E-state index contributed by atoms with van der Waals surface area (Å²) < 4.78 is 21.9. The first kappa shape index (κ1) is 11.8. The molecule has 0 bridgehead atoms. The zero-order valence-electron chi connectivity index (χ0n) is 10.1. The van der Waals surface area contributed by atoms with Gasteiger partial charge in [-0.2, -0.15) is 0 Å². The predicted molar refractivity (Wildman–Crippen MR) is 54.5 cm³/mol. The molecule has 2 fully saturated rings. The van der Waals surface area contributed by atoms with Crippen molar-refractivity contribution in [3.05, 3.63) is 0 Å². The number of fused-ring (bicyclic) bond motifs is 1. The molecule has 0 amide bonds. The topological polar surface area (TPSA) is 54.0 Å². The molecule has 1 unspecified atom stereocenters. The number of ether oxygens (including phenoxy) is 4. The third-order valence-electron chi connectivity index (χ3n) is 2.95. The molecule has 2 rings (SSSR count). The Morgan fingerprint density at radius 2 is 2.06 bits per heavy atom. The van der Waals surface area contributed by atoms with Crippen LogP contribution >= 0.6 is 0 Å². The minimum atomic E-state index is -0.587. The molecule has 16 heavy (non-hydrogen) atoms. The van der Waals surface area contributed by atoms with Crippen LogP contribution in [0.5, 0.6) is 0 Å². The van der Waals surface area contributed by atoms with Crippen molar-refractivity contribution in [2.75, 3.05) is 6.61 Å². The number of esters is 1. The second-order valence-corrected chi connectivity index (χ2v) is 4.80. The molecule has 4 atom stereocenters. The van der Waals surface area contributed by atoms with Crippen molar-refractivity contribution >= 4 is 5.97 Å². The van der Waals surface area contributed by atoms with E-state index in [1.807, 2.05) is 20.8 Å². The summed E-state index contributed by atoms with van der Waals surface area (Å²) in [6.45, 7) is 7.39. The molecule has 0 saturated carbocycles. The van der Waals surface area contributed by atoms with Gasteiger partial charge in [-0.3, -0.25) is 4.79 Å². The minimum Gasteiger partial charge on any atom is -0.463 e. The average Bonchev–Trinajstić information content (AvgIpc) is 2.58. The molecular formula is C11H18O5. The van der Waals surface area contributed by atoms with Crippen LogP contribution in [0.4, 0.5) is 0 Å². The van der Waals surface area contributed by atoms with Crippen molar-refractivity contribution in [2.45, 2.75) is 52.0 Å². The molecule has 2 aliphatic rings. The van der Waals surface area contributed by atoms with Gasteiger partial charge < -0.3 is 18.9 Å². The first-order chi connectivity index (χ1) is 7.39. The van der Waals surface area contributed by atoms with E-state index in [2.05, 4.69) is 0 Å². The molecule has 5 nitrogen and oxygen atoms in total. The van der Waals surface area contributed by atoms with Crippen LogP contribution in [0.1, 0.15) is 27.7 Å². The third-order valence-corrected chi connectivity index (χ3v) is 2.95. The summed E-state index contributed by atoms with van der Waals surface area (Å²) in [7, 11) is 0. The van der Waals surface area contributed by atoms with Gasteiger partial charge in [-0.1, -0.05) is 6.92 Å². The highest BCUT2D eigenvalue weighted by Gasteiger charge is 2.52. The first-order valence-corrected chi connectivity index (χ1v) is 5.53. The third kappa shape index (κ3) is 2.21. The van der Waals surface area contributed by atoms with Crippen molar-refractivity contribution in [2.24, 2.45) is 5.92 Å². The van der Waals surface area contributed by atoms with Crippen LogP contribution in [0.3, 0.4) is 0 Å². The van der Waals surface area contributed by atoms with E-state index < -0.39 is 5.79 Å². The van der Waals surface area contributed by atoms with Crippen LogP contribution in [0, 0.1) is 5.92 Å². The summed E-state index contributed by atoms with van der Waals surface area (Å²) in [5.74, 6) is -0.725. The van der Waals surface area contributed by atoms with Gasteiger partial charge in [-0.05, 0) is 13.8 Å². The van der Waals surface area contributed by atoms with Crippen molar-refractivity contribution in [1.82, 2.24) is 0 Å². The van der Waals surface area contributed by atoms with Crippen LogP contribution in [0.2, 0.25) is 0 Å². The summed E-state index contributed by atoms with van der Waals surface area (Å²) in [5.41, 5.74) is 0. The maximum Gasteiger partial charge on any atom is 0.302 e. The molecule has 0 N–H and O–H groups in total. The predicted octanol–water partition coefficient (Wildman–Crippen LogP) is 1.06. The standard InChI is InChI=1S/C11H18O5/c1-6-8(5-13-7(2)12)14-10-9(6)15-11(3,4)16-10/h6,8-10H,5H2,1-4H3/t6?,8-,9-,10-/m1/s1. The van der Waals surface area contributed by atoms with E-state index in [4.69, 9.17) is 18.9 Å². The van der Waals surface area contributed by atoms with Gasteiger partial charge in [-0.25, -0.2) is 0 Å². The Labute approximate surface area is 95.0 Å². The highest BCUT2D eigenvalue weighted by Crippen LogP contribution is 2.40. The lowest BCUT2D eigenvalue weighted by Crippen LogP contribution is -2.31. The lowest BCUT2D eigenvalue weighted by atomic mass is 10.0. The number of hydrogen-bond acceptors (Lipinski definition) is 5. The Bertz CT molecular complexity index is 288. The number of rotatable bonds is 2. The second-order valence-electron chi connectivity index (χ2n) is 4.80. The van der Waals surface area contributed by atoms with Crippen molar-refractivity contribution in [3.63, 3.8) is 0 Å². The summed E-state index contributed by atoms with van der Waals surface area (Å²) in [6.07, 6.45) is -0.559. The van der Waals surface area contributed by atoms with E-state index in [-0.39, 0.29) is 37.0 Å². The highest BCUT2D eigenvalue weighted by atomic mass is 16.8. The van der Waals surface area contributed by atoms with Gasteiger partial charge in [0.15, 0.2) is 12.1 Å². The number of carbonyl (C=O) groups is 1. The Balaban J connectivity index is 1.92. The normalized spacial score (nSPS) is 40.8. The summed E-state index contributed by atoms with van der Waals surface area (Å²) >= 11 is 0. The lowest BCUT2D eigenvalue weighted by Gasteiger charge is -2.23. The van der Waals surface area contributed by atoms with E-state index in [1.54, 1.807) is 0 Å². The Kier molecular flexibility index (Phi) is 2.94. The number of carbonyl (C=O) groups excluding carboxylic acids is 1. The van der Waals surface area contributed by atoms with Crippen LogP contribution in [-0.2, 0) is 23.7 Å². The largest absolute Gasteiger partial charge is 0.463 e. The molecule has 0 aromatic rings. The zero-order valence-corrected chi connectivity index (χ0v) is 10.1. The SMILES string of the molecule is CC(=O)OC[C@H]1O[C@@H]2OC(C)(C)O[C@@H]2C1C. The van der Waals surface area contributed by atoms with E-state index in [1.165, 1.54) is 6.92 Å². The fraction of sp³-hybridized carbons (Fsp3) is 0.909. The fourth-order valence-corrected chi connectivity index (χ4v) is 2.12. The van der Waals surface area contributed by atoms with Gasteiger partial charge in [0.2, 0.25) is 0 Å². The molecule has 0 spiro atoms. The molecular weight excluding hydrogens is 212 g/mol. The molecule has 2 saturated heterocycles. The highest BCUT2D eigenvalue weighted by molar-refractivity contribution is 5.65. The monoisotopic (exact) mass is 230 g/mol. The van der Waals surface area contributed by atoms with Crippen LogP contribution in [-0.4, -0.2) is 36.9 Å². The van der Waals surface area contributed by atoms with Crippen molar-refractivity contribution in [1.29, 1.82) is 0 Å². The van der Waals surface area contributed by atoms with E-state index in [0.717, 1.165) is 0 Å². The Morgan fingerprint density at radius 1 is 1.38 bits per heavy atom. The second kappa shape index (κ2) is 3.98. The summed E-state index contributed by atoms with van der Waals surface area (Å²) in [5, 5.41) is 0.